The number of carbonyl (C=O) groups is 1. The van der Waals surface area contributed by atoms with E-state index in [1.807, 2.05) is 0 Å². The monoisotopic (exact) mass is 923 g/mol. The third-order valence-corrected chi connectivity index (χ3v) is 12.1. The van der Waals surface area contributed by atoms with E-state index < -0.39 is 39.2 Å². The second-order valence-electron chi connectivity index (χ2n) is 17.5. The molecule has 0 saturated heterocycles. The summed E-state index contributed by atoms with van der Waals surface area (Å²) in [4.78, 5) is 22.7. The molecule has 0 rings (SSSR count). The second-order valence-corrected chi connectivity index (χ2v) is 19.0. The first-order valence-electron chi connectivity index (χ1n) is 26.3. The topological polar surface area (TPSA) is 132 Å². The Kier molecular flexibility index (Phi) is 49.1. The number of ether oxygens (including phenoxy) is 2. The summed E-state index contributed by atoms with van der Waals surface area (Å²) in [5.74, 6) is -0.394. The zero-order valence-corrected chi connectivity index (χ0v) is 42.1. The molecule has 0 aromatic carbocycles. The van der Waals surface area contributed by atoms with Crippen LogP contribution in [-0.4, -0.2) is 66.3 Å². The Hall–Kier alpha value is -1.84. The van der Waals surface area contributed by atoms with Crippen molar-refractivity contribution in [3.05, 3.63) is 60.8 Å². The van der Waals surface area contributed by atoms with E-state index in [-0.39, 0.29) is 19.6 Å². The number of esters is 1. The highest BCUT2D eigenvalue weighted by atomic mass is 31.2. The maximum absolute atomic E-state index is 12.7. The van der Waals surface area contributed by atoms with Crippen molar-refractivity contribution in [2.75, 3.05) is 33.0 Å². The Morgan fingerprint density at radius 2 is 0.844 bits per heavy atom. The van der Waals surface area contributed by atoms with Gasteiger partial charge in [-0.1, -0.05) is 203 Å². The van der Waals surface area contributed by atoms with Gasteiger partial charge in [-0.15, -0.1) is 0 Å². The summed E-state index contributed by atoms with van der Waals surface area (Å²) in [6.07, 6.45) is 60.4. The number of hydrogen-bond donors (Lipinski definition) is 3. The summed E-state index contributed by atoms with van der Waals surface area (Å²) in [5, 5.41) is 18.4. The number of phosphoric ester groups is 1. The van der Waals surface area contributed by atoms with E-state index in [1.165, 1.54) is 141 Å². The molecule has 9 nitrogen and oxygen atoms in total. The van der Waals surface area contributed by atoms with E-state index in [2.05, 4.69) is 74.6 Å². The highest BCUT2D eigenvalue weighted by molar-refractivity contribution is 7.47. The fraction of sp³-hybridized carbons (Fsp3) is 0.796. The largest absolute Gasteiger partial charge is 0.472 e. The van der Waals surface area contributed by atoms with Crippen molar-refractivity contribution < 1.29 is 43.0 Å². The van der Waals surface area contributed by atoms with Gasteiger partial charge in [0, 0.05) is 13.0 Å². The normalized spacial score (nSPS) is 14.3. The van der Waals surface area contributed by atoms with Crippen molar-refractivity contribution in [3.8, 4) is 0 Å². The van der Waals surface area contributed by atoms with Gasteiger partial charge in [-0.25, -0.2) is 4.57 Å². The van der Waals surface area contributed by atoms with Gasteiger partial charge >= 0.3 is 13.8 Å². The molecule has 374 valence electrons. The summed E-state index contributed by atoms with van der Waals surface area (Å²) in [7, 11) is -4.53. The highest BCUT2D eigenvalue weighted by Gasteiger charge is 2.26. The van der Waals surface area contributed by atoms with Crippen LogP contribution >= 0.6 is 7.82 Å². The number of aliphatic hydroxyl groups excluding tert-OH is 2. The van der Waals surface area contributed by atoms with E-state index in [1.54, 1.807) is 0 Å². The maximum Gasteiger partial charge on any atom is 0.472 e. The molecule has 3 atom stereocenters. The average molecular weight is 923 g/mol. The van der Waals surface area contributed by atoms with Crippen molar-refractivity contribution >= 4 is 13.8 Å². The van der Waals surface area contributed by atoms with E-state index in [0.717, 1.165) is 64.2 Å². The first-order valence-corrected chi connectivity index (χ1v) is 27.8. The van der Waals surface area contributed by atoms with Gasteiger partial charge in [-0.3, -0.25) is 13.8 Å². The number of phosphoric acid groups is 1. The van der Waals surface area contributed by atoms with Crippen LogP contribution in [0.5, 0.6) is 0 Å². The van der Waals surface area contributed by atoms with Crippen LogP contribution in [0.1, 0.15) is 232 Å². The molecule has 3 unspecified atom stereocenters. The Morgan fingerprint density at radius 3 is 1.30 bits per heavy atom. The third-order valence-electron chi connectivity index (χ3n) is 11.2. The average Bonchev–Trinajstić information content (AvgIpc) is 3.29. The predicted octanol–water partition coefficient (Wildman–Crippen LogP) is 15.5. The Morgan fingerprint density at radius 1 is 0.484 bits per heavy atom. The summed E-state index contributed by atoms with van der Waals surface area (Å²) < 4.78 is 33.5. The third kappa shape index (κ3) is 49.6. The number of rotatable bonds is 50. The quantitative estimate of drug-likeness (QED) is 0.0236. The molecule has 3 N–H and O–H groups in total. The van der Waals surface area contributed by atoms with Crippen molar-refractivity contribution in [1.82, 2.24) is 0 Å². The zero-order valence-electron chi connectivity index (χ0n) is 41.2. The SMILES string of the molecule is CCCCC/C=C\C/C=C\C/C=C\CCCCCCCCC(=O)OC(COCCCCCCCCCCCCCC/C=C\C/C=C\CCCCCCC)COP(=O)(O)OCC(O)CO. The van der Waals surface area contributed by atoms with E-state index in [9.17, 15) is 19.4 Å². The minimum absolute atomic E-state index is 0.0416. The summed E-state index contributed by atoms with van der Waals surface area (Å²) >= 11 is 0. The van der Waals surface area contributed by atoms with Crippen LogP contribution in [0.4, 0.5) is 0 Å². The van der Waals surface area contributed by atoms with Gasteiger partial charge in [0.15, 0.2) is 0 Å². The van der Waals surface area contributed by atoms with Gasteiger partial charge in [-0.05, 0) is 83.5 Å². The van der Waals surface area contributed by atoms with E-state index in [0.29, 0.717) is 13.0 Å². The molecule has 0 aliphatic heterocycles. The van der Waals surface area contributed by atoms with Crippen molar-refractivity contribution in [2.45, 2.75) is 244 Å². The molecule has 0 aromatic heterocycles. The van der Waals surface area contributed by atoms with Gasteiger partial charge in [0.05, 0.1) is 26.4 Å². The molecule has 0 amide bonds. The molecule has 0 aliphatic carbocycles. The van der Waals surface area contributed by atoms with Crippen LogP contribution in [0.25, 0.3) is 0 Å². The van der Waals surface area contributed by atoms with Gasteiger partial charge in [0.1, 0.15) is 12.2 Å². The zero-order chi connectivity index (χ0) is 46.7. The predicted molar refractivity (Wildman–Crippen MR) is 270 cm³/mol. The van der Waals surface area contributed by atoms with Crippen LogP contribution in [0.15, 0.2) is 60.8 Å². The molecule has 0 aromatic rings. The van der Waals surface area contributed by atoms with Crippen molar-refractivity contribution in [2.24, 2.45) is 0 Å². The standard InChI is InChI=1S/C54H99O9P/c1-3-5-7-9-11-13-15-17-19-21-23-24-25-26-27-29-31-33-35-37-39-41-43-45-47-60-50-53(51-62-64(58,59)61-49-52(56)48-55)63-54(57)46-44-42-40-38-36-34-32-30-28-22-20-18-16-14-12-10-8-6-4-2/h12,14-15,17-18,20-21,23,28,30,52-53,55-56H,3-11,13,16,19,22,24-27,29,31-51H2,1-2H3,(H,58,59)/b14-12-,17-15-,20-18-,23-21-,30-28-. The number of hydrogen-bond acceptors (Lipinski definition) is 8. The lowest BCUT2D eigenvalue weighted by Crippen LogP contribution is -2.29. The van der Waals surface area contributed by atoms with Crippen molar-refractivity contribution in [1.29, 1.82) is 0 Å². The Bertz CT molecular complexity index is 1180. The van der Waals surface area contributed by atoms with Crippen LogP contribution in [-0.2, 0) is 27.9 Å². The Labute approximate surface area is 393 Å². The van der Waals surface area contributed by atoms with Gasteiger partial charge in [0.2, 0.25) is 0 Å². The van der Waals surface area contributed by atoms with E-state index in [4.69, 9.17) is 23.6 Å². The molecule has 0 aliphatic rings. The molecule has 0 heterocycles. The molecule has 0 radical (unpaired) electrons. The molecule has 0 bridgehead atoms. The number of carbonyl (C=O) groups excluding carboxylic acids is 1. The Balaban J connectivity index is 4.08. The van der Waals surface area contributed by atoms with Crippen LogP contribution in [0.3, 0.4) is 0 Å². The number of aliphatic hydroxyl groups is 2. The molecular weight excluding hydrogens is 824 g/mol. The number of allylic oxidation sites excluding steroid dienone is 10. The van der Waals surface area contributed by atoms with Gasteiger partial charge in [0.25, 0.3) is 0 Å². The van der Waals surface area contributed by atoms with Gasteiger partial charge < -0.3 is 24.6 Å². The molecule has 0 saturated carbocycles. The lowest BCUT2D eigenvalue weighted by Gasteiger charge is -2.20. The summed E-state index contributed by atoms with van der Waals surface area (Å²) in [6, 6.07) is 0. The molecule has 0 fully saturated rings. The lowest BCUT2D eigenvalue weighted by atomic mass is 10.0. The van der Waals surface area contributed by atoms with Crippen LogP contribution in [0, 0.1) is 0 Å². The van der Waals surface area contributed by atoms with Gasteiger partial charge in [-0.2, -0.15) is 0 Å². The van der Waals surface area contributed by atoms with E-state index >= 15 is 0 Å². The molecule has 10 heteroatoms. The summed E-state index contributed by atoms with van der Waals surface area (Å²) in [6.45, 7) is 3.48. The second kappa shape index (κ2) is 50.6. The minimum Gasteiger partial charge on any atom is -0.457 e. The first-order chi connectivity index (χ1) is 31.3. The lowest BCUT2D eigenvalue weighted by molar-refractivity contribution is -0.154. The fourth-order valence-corrected chi connectivity index (χ4v) is 7.95. The molecule has 0 spiro atoms. The smallest absolute Gasteiger partial charge is 0.457 e. The maximum atomic E-state index is 12.7. The number of unbranched alkanes of at least 4 members (excludes halogenated alkanes) is 26. The van der Waals surface area contributed by atoms with Crippen LogP contribution < -0.4 is 0 Å². The van der Waals surface area contributed by atoms with Crippen LogP contribution in [0.2, 0.25) is 0 Å². The minimum atomic E-state index is -4.53. The van der Waals surface area contributed by atoms with Crippen molar-refractivity contribution in [3.63, 3.8) is 0 Å². The highest BCUT2D eigenvalue weighted by Crippen LogP contribution is 2.43. The fourth-order valence-electron chi connectivity index (χ4n) is 7.16. The summed E-state index contributed by atoms with van der Waals surface area (Å²) in [5.41, 5.74) is 0. The molecular formula is C54H99O9P. The first kappa shape index (κ1) is 62.2. The molecule has 64 heavy (non-hydrogen) atoms.